The van der Waals surface area contributed by atoms with Crippen LogP contribution in [0.4, 0.5) is 10.5 Å². The van der Waals surface area contributed by atoms with E-state index in [0.717, 1.165) is 22.7 Å². The molecule has 3 N–H and O–H groups in total. The molecule has 3 heterocycles. The van der Waals surface area contributed by atoms with Crippen LogP contribution in [0.15, 0.2) is 16.4 Å². The molecule has 1 aromatic heterocycles. The zero-order valence-corrected chi connectivity index (χ0v) is 15.7. The summed E-state index contributed by atoms with van der Waals surface area (Å²) in [6.07, 6.45) is -0.223. The molecule has 2 aliphatic rings. The number of thioether (sulfide) groups is 1. The Labute approximate surface area is 150 Å². The summed E-state index contributed by atoms with van der Waals surface area (Å²) in [5, 5.41) is 12.2. The molecule has 0 spiro atoms. The number of anilines is 1. The van der Waals surface area contributed by atoms with Gasteiger partial charge in [-0.25, -0.2) is 9.79 Å². The molecule has 2 unspecified atom stereocenters. The lowest BCUT2D eigenvalue weighted by atomic mass is 9.80. The quantitative estimate of drug-likeness (QED) is 0.791. The normalized spacial score (nSPS) is 27.3. The number of nitrogens with two attached hydrogens (primary N) is 1. The van der Waals surface area contributed by atoms with Crippen LogP contribution in [0.25, 0.3) is 0 Å². The summed E-state index contributed by atoms with van der Waals surface area (Å²) in [4.78, 5) is 19.3. The lowest BCUT2D eigenvalue weighted by Crippen LogP contribution is -2.53. The molecule has 8 heteroatoms. The first-order valence-electron chi connectivity index (χ1n) is 7.92. The van der Waals surface area contributed by atoms with E-state index < -0.39 is 17.2 Å². The van der Waals surface area contributed by atoms with Gasteiger partial charge in [-0.15, -0.1) is 11.3 Å². The molecule has 1 aromatic rings. The van der Waals surface area contributed by atoms with Gasteiger partial charge in [-0.3, -0.25) is 4.90 Å². The molecule has 132 valence electrons. The minimum absolute atomic E-state index is 0.230. The fraction of sp³-hybridized carbons (Fsp3) is 0.625. The van der Waals surface area contributed by atoms with Crippen molar-refractivity contribution >= 4 is 40.0 Å². The summed E-state index contributed by atoms with van der Waals surface area (Å²) >= 11 is 3.10. The maximum Gasteiger partial charge on any atom is 0.413 e. The van der Waals surface area contributed by atoms with Crippen LogP contribution in [-0.2, 0) is 10.3 Å². The van der Waals surface area contributed by atoms with E-state index in [9.17, 15) is 9.90 Å². The zero-order chi connectivity index (χ0) is 17.5. The molecule has 2 atom stereocenters. The molecule has 1 saturated heterocycles. The molecule has 6 nitrogen and oxygen atoms in total. The average Bonchev–Trinajstić information content (AvgIpc) is 2.92. The van der Waals surface area contributed by atoms with Gasteiger partial charge in [-0.05, 0) is 26.8 Å². The highest BCUT2D eigenvalue weighted by Gasteiger charge is 2.48. The molecule has 3 rings (SSSR count). The standard InChI is InChI=1S/C16H23N3O3S2/c1-15(2,3)19(14(20)21)13-18-16(12-6-11(17)9-23-12)4-5-22-7-10(16)8-24-13/h6,9-10H,4-5,7-8,17H2,1-3H3,(H,20,21). The van der Waals surface area contributed by atoms with Crippen molar-refractivity contribution in [2.45, 2.75) is 38.3 Å². The Balaban J connectivity index is 2.09. The zero-order valence-electron chi connectivity index (χ0n) is 14.1. The highest BCUT2D eigenvalue weighted by molar-refractivity contribution is 8.13. The Bertz CT molecular complexity index is 668. The number of fused-ring (bicyclic) bond motifs is 1. The number of hydrogen-bond acceptors (Lipinski definition) is 6. The Morgan fingerprint density at radius 2 is 2.29 bits per heavy atom. The highest BCUT2D eigenvalue weighted by atomic mass is 32.2. The SMILES string of the molecule is CC(C)(C)N(C(=O)O)C1=NC2(c3cc(N)cs3)CCOCC2CS1. The number of nitrogens with zero attached hydrogens (tertiary/aromatic N) is 2. The number of rotatable bonds is 1. The van der Waals surface area contributed by atoms with E-state index in [1.54, 1.807) is 11.3 Å². The molecule has 0 aromatic carbocycles. The van der Waals surface area contributed by atoms with Crippen molar-refractivity contribution in [2.24, 2.45) is 10.9 Å². The Morgan fingerprint density at radius 3 is 2.88 bits per heavy atom. The lowest BCUT2D eigenvalue weighted by molar-refractivity contribution is 0.0107. The first kappa shape index (κ1) is 17.6. The van der Waals surface area contributed by atoms with Gasteiger partial charge in [-0.1, -0.05) is 11.8 Å². The van der Waals surface area contributed by atoms with Crippen molar-refractivity contribution in [3.8, 4) is 0 Å². The van der Waals surface area contributed by atoms with Crippen molar-refractivity contribution in [2.75, 3.05) is 24.7 Å². The number of carboxylic acid groups (broad SMARTS) is 1. The van der Waals surface area contributed by atoms with Crippen LogP contribution in [0.5, 0.6) is 0 Å². The summed E-state index contributed by atoms with van der Waals surface area (Å²) in [5.74, 6) is 1.02. The number of nitrogen functional groups attached to an aromatic ring is 1. The summed E-state index contributed by atoms with van der Waals surface area (Å²) in [6, 6.07) is 1.97. The van der Waals surface area contributed by atoms with Gasteiger partial charge in [0.15, 0.2) is 5.17 Å². The Morgan fingerprint density at radius 1 is 1.54 bits per heavy atom. The number of amidine groups is 1. The summed E-state index contributed by atoms with van der Waals surface area (Å²) in [7, 11) is 0. The van der Waals surface area contributed by atoms with E-state index in [4.69, 9.17) is 15.5 Å². The van der Waals surface area contributed by atoms with Gasteiger partial charge in [-0.2, -0.15) is 0 Å². The fourth-order valence-corrected chi connectivity index (χ4v) is 5.72. The molecule has 0 radical (unpaired) electrons. The second-order valence-corrected chi connectivity index (χ2v) is 9.08. The Kier molecular flexibility index (Phi) is 4.57. The van der Waals surface area contributed by atoms with Crippen molar-refractivity contribution < 1.29 is 14.6 Å². The molecular weight excluding hydrogens is 346 g/mol. The molecule has 2 aliphatic heterocycles. The topological polar surface area (TPSA) is 88.2 Å². The number of thiophene rings is 1. The maximum absolute atomic E-state index is 11.8. The third-order valence-electron chi connectivity index (χ3n) is 4.43. The summed E-state index contributed by atoms with van der Waals surface area (Å²) in [5.41, 5.74) is 5.69. The number of hydrogen-bond donors (Lipinski definition) is 2. The number of aliphatic imine (C=N–C) groups is 1. The lowest BCUT2D eigenvalue weighted by Gasteiger charge is -2.45. The smallest absolute Gasteiger partial charge is 0.413 e. The van der Waals surface area contributed by atoms with Gasteiger partial charge in [0.25, 0.3) is 0 Å². The first-order valence-corrected chi connectivity index (χ1v) is 9.78. The van der Waals surface area contributed by atoms with Crippen LogP contribution >= 0.6 is 23.1 Å². The van der Waals surface area contributed by atoms with Gasteiger partial charge < -0.3 is 15.6 Å². The highest BCUT2D eigenvalue weighted by Crippen LogP contribution is 2.48. The number of amides is 1. The van der Waals surface area contributed by atoms with Crippen molar-refractivity contribution in [1.82, 2.24) is 4.90 Å². The van der Waals surface area contributed by atoms with Gasteiger partial charge in [0.05, 0.1) is 6.61 Å². The maximum atomic E-state index is 11.8. The molecule has 1 fully saturated rings. The van der Waals surface area contributed by atoms with E-state index in [-0.39, 0.29) is 5.92 Å². The predicted molar refractivity (Wildman–Crippen MR) is 98.8 cm³/mol. The third kappa shape index (κ3) is 3.02. The van der Waals surface area contributed by atoms with Crippen LogP contribution in [0.3, 0.4) is 0 Å². The van der Waals surface area contributed by atoms with Gasteiger partial charge in [0.2, 0.25) is 0 Å². The predicted octanol–water partition coefficient (Wildman–Crippen LogP) is 3.44. The van der Waals surface area contributed by atoms with Crippen LogP contribution in [-0.4, -0.2) is 45.8 Å². The molecule has 0 saturated carbocycles. The minimum Gasteiger partial charge on any atom is -0.465 e. The largest absolute Gasteiger partial charge is 0.465 e. The van der Waals surface area contributed by atoms with Gasteiger partial charge in [0.1, 0.15) is 5.54 Å². The Hall–Kier alpha value is -1.25. The summed E-state index contributed by atoms with van der Waals surface area (Å²) < 4.78 is 5.66. The molecule has 0 aliphatic carbocycles. The van der Waals surface area contributed by atoms with Gasteiger partial charge in [0, 0.05) is 46.2 Å². The van der Waals surface area contributed by atoms with E-state index >= 15 is 0 Å². The fourth-order valence-electron chi connectivity index (χ4n) is 3.23. The van der Waals surface area contributed by atoms with E-state index in [0.29, 0.717) is 18.4 Å². The second-order valence-electron chi connectivity index (χ2n) is 7.18. The second kappa shape index (κ2) is 6.24. The number of ether oxygens (including phenoxy) is 1. The minimum atomic E-state index is -0.972. The van der Waals surface area contributed by atoms with Crippen LogP contribution < -0.4 is 5.73 Å². The number of carbonyl (C=O) groups is 1. The molecule has 1 amide bonds. The van der Waals surface area contributed by atoms with Crippen LogP contribution in [0, 0.1) is 5.92 Å². The van der Waals surface area contributed by atoms with Crippen LogP contribution in [0.2, 0.25) is 0 Å². The molecule has 24 heavy (non-hydrogen) atoms. The monoisotopic (exact) mass is 369 g/mol. The third-order valence-corrected chi connectivity index (χ3v) is 6.65. The van der Waals surface area contributed by atoms with Crippen LogP contribution in [0.1, 0.15) is 32.1 Å². The van der Waals surface area contributed by atoms with Crippen molar-refractivity contribution in [3.05, 3.63) is 16.3 Å². The van der Waals surface area contributed by atoms with Gasteiger partial charge >= 0.3 is 6.09 Å². The van der Waals surface area contributed by atoms with Crippen molar-refractivity contribution in [1.29, 1.82) is 0 Å². The van der Waals surface area contributed by atoms with E-state index in [2.05, 4.69) is 0 Å². The molecule has 0 bridgehead atoms. The van der Waals surface area contributed by atoms with E-state index in [1.807, 2.05) is 32.2 Å². The molecular formula is C16H23N3O3S2. The average molecular weight is 370 g/mol. The van der Waals surface area contributed by atoms with Crippen molar-refractivity contribution in [3.63, 3.8) is 0 Å². The first-order chi connectivity index (χ1) is 11.2. The summed E-state index contributed by atoms with van der Waals surface area (Å²) in [6.45, 7) is 6.92. The van der Waals surface area contributed by atoms with E-state index in [1.165, 1.54) is 16.7 Å².